The van der Waals surface area contributed by atoms with Gasteiger partial charge >= 0.3 is 11.9 Å². The molecule has 1 aliphatic carbocycles. The zero-order chi connectivity index (χ0) is 18.8. The number of ether oxygens (including phenoxy) is 2. The van der Waals surface area contributed by atoms with Crippen LogP contribution in [0.15, 0.2) is 34.1 Å². The van der Waals surface area contributed by atoms with Crippen LogP contribution in [-0.4, -0.2) is 47.2 Å². The standard InChI is InChI=1S/C18H16O6S2/c1-3-23-16(21)14-15(17(22)24-4-2)26-18(25-14)11-12(19)9-7-5-6-8-10(9)13(11)20/h5-8,14-15H,3-4H2,1-2H3/t14-,15-/m0/s1. The van der Waals surface area contributed by atoms with Crippen LogP contribution in [0.25, 0.3) is 0 Å². The molecule has 0 aromatic heterocycles. The SMILES string of the molecule is CCOC(=O)[C@H]1SC(=C2C(=O)c3ccccc3C2=O)S[C@@H]1C(=O)OCC. The van der Waals surface area contributed by atoms with E-state index in [0.29, 0.717) is 15.4 Å². The maximum Gasteiger partial charge on any atom is 0.321 e. The second-order valence-electron chi connectivity index (χ2n) is 5.45. The summed E-state index contributed by atoms with van der Waals surface area (Å²) >= 11 is 2.04. The van der Waals surface area contributed by atoms with E-state index in [9.17, 15) is 19.2 Å². The molecule has 8 heteroatoms. The monoisotopic (exact) mass is 392 g/mol. The maximum atomic E-state index is 12.7. The van der Waals surface area contributed by atoms with Gasteiger partial charge in [0.1, 0.15) is 10.5 Å². The highest BCUT2D eigenvalue weighted by Gasteiger charge is 2.48. The molecule has 0 radical (unpaired) electrons. The number of allylic oxidation sites excluding steroid dienone is 1. The molecule has 1 heterocycles. The first-order chi connectivity index (χ1) is 12.5. The van der Waals surface area contributed by atoms with Crippen LogP contribution in [0.3, 0.4) is 0 Å². The number of hydrogen-bond acceptors (Lipinski definition) is 8. The van der Waals surface area contributed by atoms with Gasteiger partial charge in [0.05, 0.1) is 23.0 Å². The van der Waals surface area contributed by atoms with E-state index < -0.39 is 22.4 Å². The van der Waals surface area contributed by atoms with E-state index >= 15 is 0 Å². The van der Waals surface area contributed by atoms with Crippen molar-refractivity contribution >= 4 is 47.0 Å². The second kappa shape index (κ2) is 7.67. The Morgan fingerprint density at radius 2 is 1.31 bits per heavy atom. The topological polar surface area (TPSA) is 86.7 Å². The lowest BCUT2D eigenvalue weighted by Gasteiger charge is -2.14. The number of benzene rings is 1. The molecule has 0 saturated carbocycles. The Morgan fingerprint density at radius 1 is 0.885 bits per heavy atom. The molecule has 0 unspecified atom stereocenters. The number of hydrogen-bond donors (Lipinski definition) is 0. The normalized spacial score (nSPS) is 21.8. The Bertz CT molecular complexity index is 764. The van der Waals surface area contributed by atoms with Gasteiger partial charge in [-0.2, -0.15) is 0 Å². The Morgan fingerprint density at radius 3 is 1.69 bits per heavy atom. The summed E-state index contributed by atoms with van der Waals surface area (Å²) in [6, 6.07) is 6.57. The predicted molar refractivity (Wildman–Crippen MR) is 98.2 cm³/mol. The van der Waals surface area contributed by atoms with E-state index in [2.05, 4.69) is 0 Å². The number of fused-ring (bicyclic) bond motifs is 1. The number of rotatable bonds is 4. The summed E-state index contributed by atoms with van der Waals surface area (Å²) < 4.78 is 10.4. The van der Waals surface area contributed by atoms with Crippen LogP contribution in [0.2, 0.25) is 0 Å². The van der Waals surface area contributed by atoms with Crippen LogP contribution < -0.4 is 0 Å². The molecule has 0 spiro atoms. The van der Waals surface area contributed by atoms with Crippen molar-refractivity contribution in [2.75, 3.05) is 13.2 Å². The van der Waals surface area contributed by atoms with Crippen LogP contribution in [0.4, 0.5) is 0 Å². The third-order valence-electron chi connectivity index (χ3n) is 3.86. The van der Waals surface area contributed by atoms with Gasteiger partial charge in [-0.3, -0.25) is 19.2 Å². The fourth-order valence-electron chi connectivity index (χ4n) is 2.73. The highest BCUT2D eigenvalue weighted by molar-refractivity contribution is 8.26. The summed E-state index contributed by atoms with van der Waals surface area (Å²) in [7, 11) is 0. The molecule has 6 nitrogen and oxygen atoms in total. The minimum Gasteiger partial charge on any atom is -0.465 e. The molecule has 2 atom stereocenters. The smallest absolute Gasteiger partial charge is 0.321 e. The average Bonchev–Trinajstić information content (AvgIpc) is 3.16. The van der Waals surface area contributed by atoms with Gasteiger partial charge in [-0.05, 0) is 13.8 Å². The molecular weight excluding hydrogens is 376 g/mol. The molecule has 136 valence electrons. The molecule has 1 aliphatic heterocycles. The van der Waals surface area contributed by atoms with Crippen molar-refractivity contribution in [3.05, 3.63) is 45.2 Å². The minimum atomic E-state index is -0.856. The number of esters is 2. The molecule has 26 heavy (non-hydrogen) atoms. The first kappa shape index (κ1) is 18.7. The van der Waals surface area contributed by atoms with Gasteiger partial charge < -0.3 is 9.47 Å². The number of Topliss-reactive ketones (excluding diaryl/α,β-unsaturated/α-hetero) is 2. The summed E-state index contributed by atoms with van der Waals surface area (Å²) in [6.45, 7) is 3.69. The van der Waals surface area contributed by atoms with E-state index in [-0.39, 0.29) is 30.4 Å². The number of ketones is 2. The van der Waals surface area contributed by atoms with E-state index in [1.807, 2.05) is 0 Å². The van der Waals surface area contributed by atoms with Crippen molar-refractivity contribution in [1.29, 1.82) is 0 Å². The van der Waals surface area contributed by atoms with Gasteiger partial charge in [0.25, 0.3) is 0 Å². The Balaban J connectivity index is 1.98. The number of carbonyl (C=O) groups is 4. The lowest BCUT2D eigenvalue weighted by molar-refractivity contribution is -0.148. The third-order valence-corrected chi connectivity index (χ3v) is 6.88. The van der Waals surface area contributed by atoms with E-state index in [0.717, 1.165) is 23.5 Å². The zero-order valence-corrected chi connectivity index (χ0v) is 15.8. The molecule has 3 rings (SSSR count). The molecule has 2 aliphatic rings. The summed E-state index contributed by atoms with van der Waals surface area (Å²) in [5, 5.41) is -1.71. The number of carbonyl (C=O) groups excluding carboxylic acids is 4. The van der Waals surface area contributed by atoms with Crippen LogP contribution >= 0.6 is 23.5 Å². The van der Waals surface area contributed by atoms with Crippen molar-refractivity contribution in [2.24, 2.45) is 0 Å². The van der Waals surface area contributed by atoms with E-state index in [1.54, 1.807) is 38.1 Å². The molecular formula is C18H16O6S2. The fraction of sp³-hybridized carbons (Fsp3) is 0.333. The van der Waals surface area contributed by atoms with Gasteiger partial charge in [-0.15, -0.1) is 23.5 Å². The summed E-state index contributed by atoms with van der Waals surface area (Å²) in [5.41, 5.74) is 0.698. The van der Waals surface area contributed by atoms with E-state index in [1.165, 1.54) is 0 Å². The summed E-state index contributed by atoms with van der Waals surface area (Å²) in [5.74, 6) is -1.89. The highest BCUT2D eigenvalue weighted by atomic mass is 32.2. The van der Waals surface area contributed by atoms with Crippen LogP contribution in [0, 0.1) is 0 Å². The van der Waals surface area contributed by atoms with Gasteiger partial charge in [0.2, 0.25) is 0 Å². The van der Waals surface area contributed by atoms with Crippen molar-refractivity contribution in [3.63, 3.8) is 0 Å². The van der Waals surface area contributed by atoms with Crippen molar-refractivity contribution < 1.29 is 28.7 Å². The second-order valence-corrected chi connectivity index (χ2v) is 8.01. The van der Waals surface area contributed by atoms with Crippen molar-refractivity contribution in [1.82, 2.24) is 0 Å². The predicted octanol–water partition coefficient (Wildman–Crippen LogP) is 2.62. The van der Waals surface area contributed by atoms with Gasteiger partial charge in [0, 0.05) is 11.1 Å². The summed E-state index contributed by atoms with van der Waals surface area (Å²) in [6.07, 6.45) is 0. The number of thioether (sulfide) groups is 2. The molecule has 0 amide bonds. The van der Waals surface area contributed by atoms with Crippen LogP contribution in [0.1, 0.15) is 34.6 Å². The quantitative estimate of drug-likeness (QED) is 0.439. The first-order valence-corrected chi connectivity index (χ1v) is 9.84. The molecule has 1 saturated heterocycles. The van der Waals surface area contributed by atoms with Gasteiger partial charge in [-0.1, -0.05) is 24.3 Å². The Labute approximate surface area is 158 Å². The molecule has 1 fully saturated rings. The minimum absolute atomic E-state index is 0.0160. The Hall–Kier alpha value is -2.06. The highest BCUT2D eigenvalue weighted by Crippen LogP contribution is 2.51. The lowest BCUT2D eigenvalue weighted by atomic mass is 10.1. The van der Waals surface area contributed by atoms with Crippen LogP contribution in [-0.2, 0) is 19.1 Å². The molecule has 1 aromatic rings. The molecule has 0 N–H and O–H groups in total. The zero-order valence-electron chi connectivity index (χ0n) is 14.1. The fourth-order valence-corrected chi connectivity index (χ4v) is 5.77. The van der Waals surface area contributed by atoms with Crippen molar-refractivity contribution in [2.45, 2.75) is 24.3 Å². The third kappa shape index (κ3) is 3.19. The summed E-state index contributed by atoms with van der Waals surface area (Å²) in [4.78, 5) is 49.8. The average molecular weight is 392 g/mol. The Kier molecular flexibility index (Phi) is 5.52. The lowest BCUT2D eigenvalue weighted by Crippen LogP contribution is -2.34. The maximum absolute atomic E-state index is 12.7. The largest absolute Gasteiger partial charge is 0.465 e. The van der Waals surface area contributed by atoms with E-state index in [4.69, 9.17) is 9.47 Å². The van der Waals surface area contributed by atoms with Gasteiger partial charge in [0.15, 0.2) is 11.6 Å². The molecule has 1 aromatic carbocycles. The molecule has 0 bridgehead atoms. The van der Waals surface area contributed by atoms with Gasteiger partial charge in [-0.25, -0.2) is 0 Å². The first-order valence-electron chi connectivity index (χ1n) is 8.08. The van der Waals surface area contributed by atoms with Crippen LogP contribution in [0.5, 0.6) is 0 Å². The van der Waals surface area contributed by atoms with Crippen molar-refractivity contribution in [3.8, 4) is 0 Å².